The summed E-state index contributed by atoms with van der Waals surface area (Å²) >= 11 is 6.14. The number of nitrogens with one attached hydrogen (secondary N) is 1. The molecule has 1 N–H and O–H groups in total. The number of carbonyl (C=O) groups excluding carboxylic acids is 1. The van der Waals surface area contributed by atoms with E-state index in [2.05, 4.69) is 10.3 Å². The highest BCUT2D eigenvalue weighted by Crippen LogP contribution is 2.33. The van der Waals surface area contributed by atoms with Crippen LogP contribution in [0.5, 0.6) is 11.5 Å². The molecule has 2 aliphatic heterocycles. The number of hydrogen-bond donors (Lipinski definition) is 1. The number of amides is 1. The molecule has 0 spiro atoms. The predicted molar refractivity (Wildman–Crippen MR) is 86.7 cm³/mol. The van der Waals surface area contributed by atoms with E-state index in [-0.39, 0.29) is 12.7 Å². The van der Waals surface area contributed by atoms with E-state index in [0.717, 1.165) is 5.56 Å². The minimum atomic E-state index is -0.266. The Bertz CT molecular complexity index is 874. The highest BCUT2D eigenvalue weighted by molar-refractivity contribution is 6.35. The SMILES string of the molecule is O=C1NC(c2ccccc2Cl)=NC1=Cc1ccc2c(c1)OCO2. The summed E-state index contributed by atoms with van der Waals surface area (Å²) in [7, 11) is 0. The molecule has 4 rings (SSSR count). The molecule has 0 fully saturated rings. The van der Waals surface area contributed by atoms with Gasteiger partial charge in [-0.3, -0.25) is 4.79 Å². The molecule has 0 unspecified atom stereocenters. The van der Waals surface area contributed by atoms with Crippen molar-refractivity contribution in [3.8, 4) is 11.5 Å². The van der Waals surface area contributed by atoms with E-state index in [0.29, 0.717) is 33.6 Å². The summed E-state index contributed by atoms with van der Waals surface area (Å²) in [4.78, 5) is 16.5. The molecular formula is C17H11ClN2O3. The van der Waals surface area contributed by atoms with Gasteiger partial charge in [-0.2, -0.15) is 0 Å². The van der Waals surface area contributed by atoms with Crippen LogP contribution in [-0.4, -0.2) is 18.5 Å². The number of benzene rings is 2. The standard InChI is InChI=1S/C17H11ClN2O3/c18-12-4-2-1-3-11(12)16-19-13(17(21)20-16)7-10-5-6-14-15(8-10)23-9-22-14/h1-8H,9H2,(H,19,20,21). The van der Waals surface area contributed by atoms with Gasteiger partial charge in [0.25, 0.3) is 5.91 Å². The van der Waals surface area contributed by atoms with E-state index in [1.165, 1.54) is 0 Å². The predicted octanol–water partition coefficient (Wildman–Crippen LogP) is 2.99. The minimum Gasteiger partial charge on any atom is -0.454 e. The summed E-state index contributed by atoms with van der Waals surface area (Å²) in [5, 5.41) is 3.27. The molecule has 23 heavy (non-hydrogen) atoms. The number of nitrogens with zero attached hydrogens (tertiary/aromatic N) is 1. The van der Waals surface area contributed by atoms with Crippen molar-refractivity contribution in [2.45, 2.75) is 0 Å². The van der Waals surface area contributed by atoms with Crippen molar-refractivity contribution in [1.29, 1.82) is 0 Å². The maximum Gasteiger partial charge on any atom is 0.275 e. The molecule has 0 saturated carbocycles. The molecule has 5 nitrogen and oxygen atoms in total. The van der Waals surface area contributed by atoms with Crippen molar-refractivity contribution in [1.82, 2.24) is 5.32 Å². The average molecular weight is 327 g/mol. The molecule has 0 aromatic heterocycles. The van der Waals surface area contributed by atoms with Gasteiger partial charge in [0.1, 0.15) is 11.5 Å². The molecule has 0 atom stereocenters. The number of aliphatic imine (C=N–C) groups is 1. The fourth-order valence-corrected chi connectivity index (χ4v) is 2.64. The van der Waals surface area contributed by atoms with Crippen molar-refractivity contribution in [2.75, 3.05) is 6.79 Å². The Labute approximate surface area is 137 Å². The number of rotatable bonds is 2. The van der Waals surface area contributed by atoms with Gasteiger partial charge >= 0.3 is 0 Å². The molecule has 2 heterocycles. The maximum absolute atomic E-state index is 12.1. The second kappa shape index (κ2) is 5.44. The van der Waals surface area contributed by atoms with Gasteiger partial charge in [0, 0.05) is 5.56 Å². The van der Waals surface area contributed by atoms with E-state index in [9.17, 15) is 4.79 Å². The Morgan fingerprint density at radius 3 is 2.83 bits per heavy atom. The maximum atomic E-state index is 12.1. The second-order valence-corrected chi connectivity index (χ2v) is 5.44. The van der Waals surface area contributed by atoms with Crippen LogP contribution >= 0.6 is 11.6 Å². The van der Waals surface area contributed by atoms with Gasteiger partial charge in [-0.15, -0.1) is 0 Å². The van der Waals surface area contributed by atoms with Crippen LogP contribution in [0, 0.1) is 0 Å². The van der Waals surface area contributed by atoms with Gasteiger partial charge < -0.3 is 14.8 Å². The van der Waals surface area contributed by atoms with Crippen LogP contribution < -0.4 is 14.8 Å². The molecule has 0 bridgehead atoms. The summed E-state index contributed by atoms with van der Waals surface area (Å²) in [5.41, 5.74) is 1.82. The summed E-state index contributed by atoms with van der Waals surface area (Å²) in [5.74, 6) is 1.54. The summed E-state index contributed by atoms with van der Waals surface area (Å²) < 4.78 is 10.6. The molecule has 2 aromatic rings. The lowest BCUT2D eigenvalue weighted by molar-refractivity contribution is -0.115. The summed E-state index contributed by atoms with van der Waals surface area (Å²) in [6.45, 7) is 0.213. The number of halogens is 1. The molecule has 114 valence electrons. The first-order chi connectivity index (χ1) is 11.2. The number of ether oxygens (including phenoxy) is 2. The lowest BCUT2D eigenvalue weighted by Gasteiger charge is -2.01. The third kappa shape index (κ3) is 2.55. The van der Waals surface area contributed by atoms with Gasteiger partial charge in [0.15, 0.2) is 11.5 Å². The van der Waals surface area contributed by atoms with Gasteiger partial charge in [-0.25, -0.2) is 4.99 Å². The first kappa shape index (κ1) is 13.8. The van der Waals surface area contributed by atoms with Gasteiger partial charge in [0.2, 0.25) is 6.79 Å². The highest BCUT2D eigenvalue weighted by Gasteiger charge is 2.22. The first-order valence-corrected chi connectivity index (χ1v) is 7.35. The number of fused-ring (bicyclic) bond motifs is 1. The fraction of sp³-hybridized carbons (Fsp3) is 0.0588. The van der Waals surface area contributed by atoms with Gasteiger partial charge in [0.05, 0.1) is 5.02 Å². The topological polar surface area (TPSA) is 59.9 Å². The zero-order valence-corrected chi connectivity index (χ0v) is 12.6. The van der Waals surface area contributed by atoms with Crippen molar-refractivity contribution in [3.05, 3.63) is 64.3 Å². The van der Waals surface area contributed by atoms with Crippen LogP contribution in [0.2, 0.25) is 5.02 Å². The lowest BCUT2D eigenvalue weighted by atomic mass is 10.1. The van der Waals surface area contributed by atoms with E-state index in [1.54, 1.807) is 18.2 Å². The smallest absolute Gasteiger partial charge is 0.275 e. The molecule has 6 heteroatoms. The summed E-state index contributed by atoms with van der Waals surface area (Å²) in [6, 6.07) is 12.7. The van der Waals surface area contributed by atoms with E-state index in [1.807, 2.05) is 30.3 Å². The minimum absolute atomic E-state index is 0.213. The van der Waals surface area contributed by atoms with E-state index in [4.69, 9.17) is 21.1 Å². The van der Waals surface area contributed by atoms with Crippen molar-refractivity contribution in [3.63, 3.8) is 0 Å². The summed E-state index contributed by atoms with van der Waals surface area (Å²) in [6.07, 6.45) is 1.70. The molecule has 0 radical (unpaired) electrons. The van der Waals surface area contributed by atoms with Crippen LogP contribution in [0.25, 0.3) is 6.08 Å². The number of amidine groups is 1. The highest BCUT2D eigenvalue weighted by atomic mass is 35.5. The number of hydrogen-bond acceptors (Lipinski definition) is 4. The van der Waals surface area contributed by atoms with Gasteiger partial charge in [-0.05, 0) is 35.9 Å². The van der Waals surface area contributed by atoms with Crippen molar-refractivity contribution in [2.24, 2.45) is 4.99 Å². The van der Waals surface area contributed by atoms with E-state index >= 15 is 0 Å². The van der Waals surface area contributed by atoms with Crippen LogP contribution in [-0.2, 0) is 4.79 Å². The van der Waals surface area contributed by atoms with Crippen LogP contribution in [0.3, 0.4) is 0 Å². The zero-order chi connectivity index (χ0) is 15.8. The Hall–Kier alpha value is -2.79. The Morgan fingerprint density at radius 1 is 1.13 bits per heavy atom. The van der Waals surface area contributed by atoms with Crippen LogP contribution in [0.15, 0.2) is 53.2 Å². The molecule has 2 aliphatic rings. The third-order valence-electron chi connectivity index (χ3n) is 3.53. The Kier molecular flexibility index (Phi) is 3.28. The molecule has 0 aliphatic carbocycles. The third-order valence-corrected chi connectivity index (χ3v) is 3.86. The molecule has 0 saturated heterocycles. The van der Waals surface area contributed by atoms with Gasteiger partial charge in [-0.1, -0.05) is 29.8 Å². The lowest BCUT2D eigenvalue weighted by Crippen LogP contribution is -2.24. The fourth-order valence-electron chi connectivity index (χ4n) is 2.41. The molecule has 2 aromatic carbocycles. The largest absolute Gasteiger partial charge is 0.454 e. The Balaban J connectivity index is 1.69. The number of carbonyl (C=O) groups is 1. The van der Waals surface area contributed by atoms with Crippen LogP contribution in [0.1, 0.15) is 11.1 Å². The van der Waals surface area contributed by atoms with Crippen LogP contribution in [0.4, 0.5) is 0 Å². The van der Waals surface area contributed by atoms with E-state index < -0.39 is 0 Å². The second-order valence-electron chi connectivity index (χ2n) is 5.04. The Morgan fingerprint density at radius 2 is 1.96 bits per heavy atom. The first-order valence-electron chi connectivity index (χ1n) is 6.97. The average Bonchev–Trinajstić information content (AvgIpc) is 3.14. The monoisotopic (exact) mass is 326 g/mol. The normalized spacial score (nSPS) is 17.3. The quantitative estimate of drug-likeness (QED) is 0.863. The van der Waals surface area contributed by atoms with Crippen molar-refractivity contribution < 1.29 is 14.3 Å². The molecule has 1 amide bonds. The zero-order valence-electron chi connectivity index (χ0n) is 11.9. The molecular weight excluding hydrogens is 316 g/mol. The van der Waals surface area contributed by atoms with Crippen molar-refractivity contribution >= 4 is 29.4 Å².